The first-order chi connectivity index (χ1) is 9.15. The molecule has 0 aliphatic heterocycles. The van der Waals surface area contributed by atoms with Gasteiger partial charge in [0.15, 0.2) is 0 Å². The van der Waals surface area contributed by atoms with Gasteiger partial charge < -0.3 is 15.7 Å². The van der Waals surface area contributed by atoms with E-state index in [0.29, 0.717) is 12.0 Å². The number of hydrogen-bond acceptors (Lipinski definition) is 3. The smallest absolute Gasteiger partial charge is 0.315 e. The van der Waals surface area contributed by atoms with Gasteiger partial charge in [-0.1, -0.05) is 12.1 Å². The van der Waals surface area contributed by atoms with Crippen molar-refractivity contribution in [3.8, 4) is 0 Å². The van der Waals surface area contributed by atoms with Gasteiger partial charge in [-0.05, 0) is 30.4 Å². The lowest BCUT2D eigenvalue weighted by Crippen LogP contribution is -2.43. The standard InChI is InChI=1S/C13H19FN2O2S/c1-19-9-12(5-6-17)16-13(18)15-8-10-3-2-4-11(14)7-10/h2-4,7,12,17H,5-6,8-9H2,1H3,(H2,15,16,18). The zero-order valence-electron chi connectivity index (χ0n) is 10.9. The number of nitrogens with one attached hydrogen (secondary N) is 2. The van der Waals surface area contributed by atoms with Crippen molar-refractivity contribution in [2.24, 2.45) is 0 Å². The highest BCUT2D eigenvalue weighted by Crippen LogP contribution is 2.03. The molecule has 0 saturated carbocycles. The van der Waals surface area contributed by atoms with Crippen molar-refractivity contribution in [1.29, 1.82) is 0 Å². The van der Waals surface area contributed by atoms with Crippen LogP contribution in [0.4, 0.5) is 9.18 Å². The Morgan fingerprint density at radius 2 is 2.32 bits per heavy atom. The largest absolute Gasteiger partial charge is 0.396 e. The molecule has 1 aromatic rings. The first-order valence-electron chi connectivity index (χ1n) is 6.04. The van der Waals surface area contributed by atoms with Gasteiger partial charge in [-0.3, -0.25) is 0 Å². The molecule has 106 valence electrons. The zero-order chi connectivity index (χ0) is 14.1. The van der Waals surface area contributed by atoms with Crippen LogP contribution in [0.15, 0.2) is 24.3 Å². The summed E-state index contributed by atoms with van der Waals surface area (Å²) >= 11 is 1.60. The van der Waals surface area contributed by atoms with Crippen molar-refractivity contribution in [2.45, 2.75) is 19.0 Å². The molecule has 0 fully saturated rings. The highest BCUT2D eigenvalue weighted by atomic mass is 32.2. The maximum absolute atomic E-state index is 12.9. The molecule has 0 aromatic heterocycles. The van der Waals surface area contributed by atoms with Crippen LogP contribution in [-0.4, -0.2) is 35.8 Å². The van der Waals surface area contributed by atoms with E-state index in [1.165, 1.54) is 12.1 Å². The highest BCUT2D eigenvalue weighted by Gasteiger charge is 2.10. The average Bonchev–Trinajstić information content (AvgIpc) is 2.37. The van der Waals surface area contributed by atoms with Crippen LogP contribution in [0.1, 0.15) is 12.0 Å². The van der Waals surface area contributed by atoms with Crippen molar-refractivity contribution in [2.75, 3.05) is 18.6 Å². The van der Waals surface area contributed by atoms with Gasteiger partial charge in [-0.25, -0.2) is 9.18 Å². The molecule has 4 nitrogen and oxygen atoms in total. The molecule has 2 amide bonds. The first kappa shape index (κ1) is 15.8. The van der Waals surface area contributed by atoms with Gasteiger partial charge >= 0.3 is 6.03 Å². The summed E-state index contributed by atoms with van der Waals surface area (Å²) in [5, 5.41) is 14.3. The number of amides is 2. The predicted molar refractivity (Wildman–Crippen MR) is 75.6 cm³/mol. The lowest BCUT2D eigenvalue weighted by molar-refractivity contribution is 0.231. The summed E-state index contributed by atoms with van der Waals surface area (Å²) in [6, 6.07) is 5.72. The second-order valence-electron chi connectivity index (χ2n) is 4.12. The fourth-order valence-electron chi connectivity index (χ4n) is 1.62. The second-order valence-corrected chi connectivity index (χ2v) is 5.03. The number of aliphatic hydroxyl groups excluding tert-OH is 1. The van der Waals surface area contributed by atoms with Crippen LogP contribution in [-0.2, 0) is 6.54 Å². The van der Waals surface area contributed by atoms with Crippen LogP contribution in [0.5, 0.6) is 0 Å². The molecule has 1 aromatic carbocycles. The predicted octanol–water partition coefficient (Wildman–Crippen LogP) is 1.74. The Morgan fingerprint density at radius 3 is 2.95 bits per heavy atom. The van der Waals surface area contributed by atoms with Gasteiger partial charge in [0, 0.05) is 24.9 Å². The summed E-state index contributed by atoms with van der Waals surface area (Å²) < 4.78 is 12.9. The summed E-state index contributed by atoms with van der Waals surface area (Å²) in [7, 11) is 0. The highest BCUT2D eigenvalue weighted by molar-refractivity contribution is 7.98. The molecular formula is C13H19FN2O2S. The van der Waals surface area contributed by atoms with Gasteiger partial charge in [-0.2, -0.15) is 11.8 Å². The summed E-state index contributed by atoms with van der Waals surface area (Å²) in [5.74, 6) is 0.425. The number of benzene rings is 1. The van der Waals surface area contributed by atoms with Gasteiger partial charge in [-0.15, -0.1) is 0 Å². The van der Waals surface area contributed by atoms with Gasteiger partial charge in [0.05, 0.1) is 0 Å². The Labute approximate surface area is 116 Å². The minimum Gasteiger partial charge on any atom is -0.396 e. The molecule has 0 radical (unpaired) electrons. The Balaban J connectivity index is 2.37. The molecule has 0 spiro atoms. The second kappa shape index (κ2) is 8.77. The summed E-state index contributed by atoms with van der Waals surface area (Å²) in [6.45, 7) is 0.310. The Kier molecular flexibility index (Phi) is 7.28. The number of carbonyl (C=O) groups is 1. The van der Waals surface area contributed by atoms with E-state index in [1.807, 2.05) is 6.26 Å². The van der Waals surface area contributed by atoms with Crippen molar-refractivity contribution < 1.29 is 14.3 Å². The monoisotopic (exact) mass is 286 g/mol. The van der Waals surface area contributed by atoms with Gasteiger partial charge in [0.1, 0.15) is 5.82 Å². The molecule has 19 heavy (non-hydrogen) atoms. The molecule has 0 bridgehead atoms. The van der Waals surface area contributed by atoms with Crippen LogP contribution in [0.3, 0.4) is 0 Å². The molecule has 1 unspecified atom stereocenters. The fraction of sp³-hybridized carbons (Fsp3) is 0.462. The molecule has 6 heteroatoms. The Hall–Kier alpha value is -1.27. The van der Waals surface area contributed by atoms with E-state index in [4.69, 9.17) is 5.11 Å². The summed E-state index contributed by atoms with van der Waals surface area (Å²) in [6.07, 6.45) is 2.46. The first-order valence-corrected chi connectivity index (χ1v) is 7.43. The number of halogens is 1. The number of urea groups is 1. The van der Waals surface area contributed by atoms with Crippen molar-refractivity contribution >= 4 is 17.8 Å². The molecular weight excluding hydrogens is 267 g/mol. The van der Waals surface area contributed by atoms with Crippen molar-refractivity contribution in [1.82, 2.24) is 10.6 Å². The number of rotatable bonds is 7. The third-order valence-corrected chi connectivity index (χ3v) is 3.26. The summed E-state index contributed by atoms with van der Waals surface area (Å²) in [5.41, 5.74) is 0.707. The topological polar surface area (TPSA) is 61.4 Å². The minimum absolute atomic E-state index is 0.0371. The SMILES string of the molecule is CSCC(CCO)NC(=O)NCc1cccc(F)c1. The molecule has 0 saturated heterocycles. The normalized spacial score (nSPS) is 11.9. The van der Waals surface area contributed by atoms with E-state index in [0.717, 1.165) is 5.75 Å². The maximum atomic E-state index is 12.9. The molecule has 1 atom stereocenters. The van der Waals surface area contributed by atoms with E-state index >= 15 is 0 Å². The molecule has 1 rings (SSSR count). The number of hydrogen-bond donors (Lipinski definition) is 3. The van der Waals surface area contributed by atoms with E-state index in [-0.39, 0.29) is 31.0 Å². The van der Waals surface area contributed by atoms with Gasteiger partial charge in [0.2, 0.25) is 0 Å². The molecule has 0 heterocycles. The molecule has 0 aliphatic carbocycles. The van der Waals surface area contributed by atoms with Gasteiger partial charge in [0.25, 0.3) is 0 Å². The zero-order valence-corrected chi connectivity index (χ0v) is 11.7. The van der Waals surface area contributed by atoms with Crippen LogP contribution in [0.2, 0.25) is 0 Å². The third kappa shape index (κ3) is 6.45. The number of thioether (sulfide) groups is 1. The van der Waals surface area contributed by atoms with E-state index in [9.17, 15) is 9.18 Å². The average molecular weight is 286 g/mol. The Bertz CT molecular complexity index is 398. The lowest BCUT2D eigenvalue weighted by atomic mass is 10.2. The molecule has 3 N–H and O–H groups in total. The van der Waals surface area contributed by atoms with Crippen molar-refractivity contribution in [3.05, 3.63) is 35.6 Å². The van der Waals surface area contributed by atoms with Crippen molar-refractivity contribution in [3.63, 3.8) is 0 Å². The van der Waals surface area contributed by atoms with Crippen LogP contribution in [0.25, 0.3) is 0 Å². The van der Waals surface area contributed by atoms with Crippen LogP contribution in [0, 0.1) is 5.82 Å². The quantitative estimate of drug-likeness (QED) is 0.715. The molecule has 0 aliphatic rings. The van der Waals surface area contributed by atoms with Crippen LogP contribution < -0.4 is 10.6 Å². The fourth-order valence-corrected chi connectivity index (χ4v) is 2.27. The number of carbonyl (C=O) groups excluding carboxylic acids is 1. The summed E-state index contributed by atoms with van der Waals surface area (Å²) in [4.78, 5) is 11.7. The van der Waals surface area contributed by atoms with Crippen LogP contribution >= 0.6 is 11.8 Å². The minimum atomic E-state index is -0.319. The Morgan fingerprint density at radius 1 is 1.53 bits per heavy atom. The van der Waals surface area contributed by atoms with E-state index < -0.39 is 0 Å². The van der Waals surface area contributed by atoms with E-state index in [2.05, 4.69) is 10.6 Å². The third-order valence-electron chi connectivity index (χ3n) is 2.52. The lowest BCUT2D eigenvalue weighted by Gasteiger charge is -2.17. The number of aliphatic hydroxyl groups is 1. The maximum Gasteiger partial charge on any atom is 0.315 e. The van der Waals surface area contributed by atoms with E-state index in [1.54, 1.807) is 23.9 Å².